The number of likely N-dealkylation sites (tertiary alicyclic amines) is 1. The van der Waals surface area contributed by atoms with Crippen LogP contribution in [0.15, 0.2) is 6.20 Å². The normalized spacial score (nSPS) is 15.5. The first kappa shape index (κ1) is 14.8. The Labute approximate surface area is 120 Å². The van der Waals surface area contributed by atoms with Crippen LogP contribution in [0.5, 0.6) is 5.88 Å². The summed E-state index contributed by atoms with van der Waals surface area (Å²) in [5, 5.41) is 7.00. The summed E-state index contributed by atoms with van der Waals surface area (Å²) in [6.07, 6.45) is 6.47. The molecule has 6 nitrogen and oxygen atoms in total. The molecule has 1 aromatic heterocycles. The van der Waals surface area contributed by atoms with E-state index in [4.69, 9.17) is 4.74 Å². The Hall–Kier alpha value is -1.56. The average Bonchev–Trinajstić information content (AvgIpc) is 3.07. The van der Waals surface area contributed by atoms with E-state index in [9.17, 15) is 4.79 Å². The number of carbonyl (C=O) groups excluding carboxylic acids is 1. The zero-order valence-electron chi connectivity index (χ0n) is 12.4. The largest absolute Gasteiger partial charge is 0.479 e. The predicted octanol–water partition coefficient (Wildman–Crippen LogP) is 1.03. The monoisotopic (exact) mass is 280 g/mol. The van der Waals surface area contributed by atoms with Crippen molar-refractivity contribution in [1.29, 1.82) is 0 Å². The Morgan fingerprint density at radius 3 is 2.85 bits per heavy atom. The maximum Gasteiger partial charge on any atom is 0.258 e. The number of aryl methyl sites for hydroxylation is 1. The number of nitrogens with one attached hydrogen (secondary N) is 1. The lowest BCUT2D eigenvalue weighted by Crippen LogP contribution is -2.26. The van der Waals surface area contributed by atoms with Gasteiger partial charge >= 0.3 is 0 Å². The van der Waals surface area contributed by atoms with Gasteiger partial charge in [-0.1, -0.05) is 0 Å². The second-order valence-corrected chi connectivity index (χ2v) is 5.24. The molecule has 6 heteroatoms. The summed E-state index contributed by atoms with van der Waals surface area (Å²) in [7, 11) is 3.30. The molecular weight excluding hydrogens is 256 g/mol. The highest BCUT2D eigenvalue weighted by Crippen LogP contribution is 2.14. The predicted molar refractivity (Wildman–Crippen MR) is 77.0 cm³/mol. The third-order valence-electron chi connectivity index (χ3n) is 3.62. The van der Waals surface area contributed by atoms with E-state index < -0.39 is 0 Å². The number of hydrogen-bond acceptors (Lipinski definition) is 4. The summed E-state index contributed by atoms with van der Waals surface area (Å²) in [6.45, 7) is 4.31. The SMILES string of the molecule is COc1nn(C)cc1C(=O)NCCCCN1CCCC1. The highest BCUT2D eigenvalue weighted by molar-refractivity contribution is 5.96. The van der Waals surface area contributed by atoms with E-state index in [1.807, 2.05) is 0 Å². The number of methoxy groups -OCH3 is 1. The van der Waals surface area contributed by atoms with Crippen LogP contribution in [0.1, 0.15) is 36.0 Å². The number of unbranched alkanes of at least 4 members (excludes halogenated alkanes) is 1. The topological polar surface area (TPSA) is 59.4 Å². The molecule has 0 radical (unpaired) electrons. The zero-order valence-corrected chi connectivity index (χ0v) is 12.4. The molecular formula is C14H24N4O2. The van der Waals surface area contributed by atoms with Crippen LogP contribution in [0, 0.1) is 0 Å². The minimum absolute atomic E-state index is 0.115. The first-order chi connectivity index (χ1) is 9.70. The van der Waals surface area contributed by atoms with Crippen molar-refractivity contribution < 1.29 is 9.53 Å². The second kappa shape index (κ2) is 7.28. The van der Waals surface area contributed by atoms with Gasteiger partial charge in [-0.25, -0.2) is 0 Å². The molecule has 0 bridgehead atoms. The van der Waals surface area contributed by atoms with Crippen molar-refractivity contribution >= 4 is 5.91 Å². The van der Waals surface area contributed by atoms with Gasteiger partial charge in [-0.3, -0.25) is 9.48 Å². The van der Waals surface area contributed by atoms with Crippen molar-refractivity contribution in [3.63, 3.8) is 0 Å². The molecule has 0 spiro atoms. The Morgan fingerprint density at radius 1 is 1.40 bits per heavy atom. The van der Waals surface area contributed by atoms with Gasteiger partial charge in [0, 0.05) is 19.8 Å². The van der Waals surface area contributed by atoms with Crippen LogP contribution in [0.2, 0.25) is 0 Å². The molecule has 1 amide bonds. The first-order valence-electron chi connectivity index (χ1n) is 7.29. The highest BCUT2D eigenvalue weighted by atomic mass is 16.5. The van der Waals surface area contributed by atoms with Crippen LogP contribution < -0.4 is 10.1 Å². The van der Waals surface area contributed by atoms with Crippen LogP contribution in [-0.2, 0) is 7.05 Å². The lowest BCUT2D eigenvalue weighted by molar-refractivity contribution is 0.0949. The summed E-state index contributed by atoms with van der Waals surface area (Å²) < 4.78 is 6.67. The fraction of sp³-hybridized carbons (Fsp3) is 0.714. The highest BCUT2D eigenvalue weighted by Gasteiger charge is 2.15. The first-order valence-corrected chi connectivity index (χ1v) is 7.29. The van der Waals surface area contributed by atoms with E-state index in [1.165, 1.54) is 33.0 Å². The van der Waals surface area contributed by atoms with Gasteiger partial charge < -0.3 is 15.0 Å². The molecule has 0 aromatic carbocycles. The summed E-state index contributed by atoms with van der Waals surface area (Å²) in [6, 6.07) is 0. The Kier molecular flexibility index (Phi) is 5.40. The summed E-state index contributed by atoms with van der Waals surface area (Å²) in [5.41, 5.74) is 0.495. The van der Waals surface area contributed by atoms with E-state index in [0.29, 0.717) is 18.0 Å². The number of hydrogen-bond donors (Lipinski definition) is 1. The molecule has 0 atom stereocenters. The van der Waals surface area contributed by atoms with Gasteiger partial charge in [-0.2, -0.15) is 0 Å². The van der Waals surface area contributed by atoms with E-state index in [0.717, 1.165) is 19.4 Å². The van der Waals surface area contributed by atoms with Crippen LogP contribution >= 0.6 is 0 Å². The van der Waals surface area contributed by atoms with Crippen LogP contribution in [0.25, 0.3) is 0 Å². The fourth-order valence-electron chi connectivity index (χ4n) is 2.54. The Balaban J connectivity index is 1.66. The third-order valence-corrected chi connectivity index (χ3v) is 3.62. The molecule has 0 saturated carbocycles. The molecule has 0 aliphatic carbocycles. The number of nitrogens with zero attached hydrogens (tertiary/aromatic N) is 3. The number of amides is 1. The standard InChI is InChI=1S/C14H24N4O2/c1-17-11-12(14(16-17)20-2)13(19)15-7-3-4-8-18-9-5-6-10-18/h11H,3-10H2,1-2H3,(H,15,19). The minimum Gasteiger partial charge on any atom is -0.479 e. The second-order valence-electron chi connectivity index (χ2n) is 5.24. The van der Waals surface area contributed by atoms with E-state index in [1.54, 1.807) is 17.9 Å². The van der Waals surface area contributed by atoms with Crippen molar-refractivity contribution in [2.24, 2.45) is 7.05 Å². The smallest absolute Gasteiger partial charge is 0.258 e. The molecule has 1 aliphatic heterocycles. The molecule has 1 aliphatic rings. The van der Waals surface area contributed by atoms with Crippen molar-refractivity contribution in [1.82, 2.24) is 20.0 Å². The maximum absolute atomic E-state index is 12.0. The minimum atomic E-state index is -0.115. The number of carbonyl (C=O) groups is 1. The summed E-state index contributed by atoms with van der Waals surface area (Å²) in [5.74, 6) is 0.262. The van der Waals surface area contributed by atoms with Gasteiger partial charge in [0.15, 0.2) is 0 Å². The molecule has 112 valence electrons. The van der Waals surface area contributed by atoms with E-state index in [-0.39, 0.29) is 5.91 Å². The Morgan fingerprint density at radius 2 is 2.15 bits per heavy atom. The quantitative estimate of drug-likeness (QED) is 0.758. The number of rotatable bonds is 7. The molecule has 1 fully saturated rings. The molecule has 0 unspecified atom stereocenters. The van der Waals surface area contributed by atoms with Crippen LogP contribution in [0.4, 0.5) is 0 Å². The van der Waals surface area contributed by atoms with Gasteiger partial charge in [0.25, 0.3) is 5.91 Å². The van der Waals surface area contributed by atoms with Crippen LogP contribution in [-0.4, -0.2) is 53.9 Å². The van der Waals surface area contributed by atoms with Gasteiger partial charge in [0.05, 0.1) is 7.11 Å². The van der Waals surface area contributed by atoms with Gasteiger partial charge in [0.2, 0.25) is 5.88 Å². The molecule has 2 rings (SSSR count). The average molecular weight is 280 g/mol. The molecule has 1 aromatic rings. The lowest BCUT2D eigenvalue weighted by Gasteiger charge is -2.13. The maximum atomic E-state index is 12.0. The van der Waals surface area contributed by atoms with Crippen molar-refractivity contribution in [2.45, 2.75) is 25.7 Å². The Bertz CT molecular complexity index is 438. The molecule has 20 heavy (non-hydrogen) atoms. The van der Waals surface area contributed by atoms with Crippen molar-refractivity contribution in [3.8, 4) is 5.88 Å². The van der Waals surface area contributed by atoms with Gasteiger partial charge in [-0.15, -0.1) is 5.10 Å². The van der Waals surface area contributed by atoms with E-state index in [2.05, 4.69) is 15.3 Å². The third kappa shape index (κ3) is 3.96. The van der Waals surface area contributed by atoms with Crippen molar-refractivity contribution in [3.05, 3.63) is 11.8 Å². The van der Waals surface area contributed by atoms with Gasteiger partial charge in [0.1, 0.15) is 5.56 Å². The van der Waals surface area contributed by atoms with E-state index >= 15 is 0 Å². The molecule has 1 N–H and O–H groups in total. The molecule has 2 heterocycles. The summed E-state index contributed by atoms with van der Waals surface area (Å²) in [4.78, 5) is 14.5. The zero-order chi connectivity index (χ0) is 14.4. The number of ether oxygens (including phenoxy) is 1. The fourth-order valence-corrected chi connectivity index (χ4v) is 2.54. The van der Waals surface area contributed by atoms with Crippen molar-refractivity contribution in [2.75, 3.05) is 33.3 Å². The lowest BCUT2D eigenvalue weighted by atomic mass is 10.2. The molecule has 1 saturated heterocycles. The van der Waals surface area contributed by atoms with Crippen LogP contribution in [0.3, 0.4) is 0 Å². The summed E-state index contributed by atoms with van der Waals surface area (Å²) >= 11 is 0. The number of aromatic nitrogens is 2. The van der Waals surface area contributed by atoms with Gasteiger partial charge in [-0.05, 0) is 45.3 Å².